The fraction of sp³-hybridized carbons (Fsp3) is 0.250. The summed E-state index contributed by atoms with van der Waals surface area (Å²) in [6.07, 6.45) is 0.482. The predicted molar refractivity (Wildman–Crippen MR) is 76.5 cm³/mol. The van der Waals surface area contributed by atoms with Crippen molar-refractivity contribution >= 4 is 0 Å². The summed E-state index contributed by atoms with van der Waals surface area (Å²) in [6.45, 7) is 0.641. The van der Waals surface area contributed by atoms with Crippen molar-refractivity contribution in [3.05, 3.63) is 59.4 Å². The van der Waals surface area contributed by atoms with Gasteiger partial charge >= 0.3 is 0 Å². The highest BCUT2D eigenvalue weighted by molar-refractivity contribution is 5.39. The molecular weight excluding hydrogens is 257 g/mol. The molecule has 4 heteroatoms. The van der Waals surface area contributed by atoms with E-state index in [-0.39, 0.29) is 12.4 Å². The molecule has 0 bridgehead atoms. The van der Waals surface area contributed by atoms with Crippen LogP contribution in [0.5, 0.6) is 11.5 Å². The summed E-state index contributed by atoms with van der Waals surface area (Å²) in [5.74, 6) is 0.369. The largest absolute Gasteiger partial charge is 0.454 e. The Morgan fingerprint density at radius 1 is 1.15 bits per heavy atom. The summed E-state index contributed by atoms with van der Waals surface area (Å²) in [4.78, 5) is 0. The Hall–Kier alpha value is -1.91. The summed E-state index contributed by atoms with van der Waals surface area (Å²) < 4.78 is 19.6. The van der Waals surface area contributed by atoms with E-state index < -0.39 is 5.82 Å². The highest BCUT2D eigenvalue weighted by Crippen LogP contribution is 2.28. The molecule has 20 heavy (non-hydrogen) atoms. The minimum atomic E-state index is -0.392. The highest BCUT2D eigenvalue weighted by Gasteiger charge is 2.08. The van der Waals surface area contributed by atoms with E-state index in [0.29, 0.717) is 18.7 Å². The summed E-state index contributed by atoms with van der Waals surface area (Å²) in [5, 5.41) is 12.0. The number of para-hydroxylation sites is 1. The molecule has 0 amide bonds. The maximum atomic E-state index is 14.0. The van der Waals surface area contributed by atoms with E-state index in [9.17, 15) is 4.39 Å². The van der Waals surface area contributed by atoms with Crippen LogP contribution in [-0.4, -0.2) is 18.8 Å². The summed E-state index contributed by atoms with van der Waals surface area (Å²) >= 11 is 0. The van der Waals surface area contributed by atoms with Gasteiger partial charge in [-0.2, -0.15) is 0 Å². The lowest BCUT2D eigenvalue weighted by Gasteiger charge is -2.11. The van der Waals surface area contributed by atoms with Crippen LogP contribution in [0.4, 0.5) is 4.39 Å². The molecule has 2 aromatic rings. The van der Waals surface area contributed by atoms with Gasteiger partial charge in [-0.05, 0) is 42.8 Å². The molecule has 0 fully saturated rings. The van der Waals surface area contributed by atoms with Gasteiger partial charge in [0, 0.05) is 13.2 Å². The van der Waals surface area contributed by atoms with Crippen LogP contribution < -0.4 is 10.1 Å². The van der Waals surface area contributed by atoms with E-state index in [1.165, 1.54) is 6.07 Å². The molecule has 2 N–H and O–H groups in total. The van der Waals surface area contributed by atoms with Crippen molar-refractivity contribution in [2.24, 2.45) is 0 Å². The van der Waals surface area contributed by atoms with Crippen molar-refractivity contribution in [2.45, 2.75) is 13.0 Å². The average Bonchev–Trinajstić information content (AvgIpc) is 2.44. The number of halogens is 1. The normalized spacial score (nSPS) is 10.6. The van der Waals surface area contributed by atoms with E-state index in [1.807, 2.05) is 31.3 Å². The number of hydrogen-bond acceptors (Lipinski definition) is 3. The summed E-state index contributed by atoms with van der Waals surface area (Å²) in [7, 11) is 1.81. The van der Waals surface area contributed by atoms with Gasteiger partial charge in [0.15, 0.2) is 11.6 Å². The molecule has 0 aliphatic carbocycles. The van der Waals surface area contributed by atoms with E-state index in [2.05, 4.69) is 5.32 Å². The van der Waals surface area contributed by atoms with Crippen molar-refractivity contribution in [1.82, 2.24) is 5.32 Å². The number of ether oxygens (including phenoxy) is 1. The molecule has 2 aromatic carbocycles. The molecule has 0 heterocycles. The van der Waals surface area contributed by atoms with Crippen LogP contribution in [-0.2, 0) is 13.0 Å². The molecule has 2 rings (SSSR count). The molecule has 0 saturated heterocycles. The third-order valence-electron chi connectivity index (χ3n) is 2.95. The molecular formula is C16H18FNO2. The van der Waals surface area contributed by atoms with Crippen LogP contribution in [0.25, 0.3) is 0 Å². The lowest BCUT2D eigenvalue weighted by atomic mass is 10.1. The summed E-state index contributed by atoms with van der Waals surface area (Å²) in [6, 6.07) is 12.2. The molecule has 0 spiro atoms. The topological polar surface area (TPSA) is 41.5 Å². The van der Waals surface area contributed by atoms with Crippen molar-refractivity contribution in [2.75, 3.05) is 13.7 Å². The Kier molecular flexibility index (Phi) is 5.09. The first-order valence-corrected chi connectivity index (χ1v) is 6.54. The van der Waals surface area contributed by atoms with Gasteiger partial charge in [0.05, 0.1) is 0 Å². The van der Waals surface area contributed by atoms with Gasteiger partial charge in [-0.25, -0.2) is 4.39 Å². The first kappa shape index (κ1) is 14.5. The van der Waals surface area contributed by atoms with Gasteiger partial charge in [0.1, 0.15) is 5.75 Å². The molecule has 0 atom stereocenters. The number of aliphatic hydroxyl groups excluding tert-OH is 1. The number of aliphatic hydroxyl groups is 1. The molecule has 0 aromatic heterocycles. The molecule has 0 radical (unpaired) electrons. The molecule has 0 saturated carbocycles. The Bertz CT molecular complexity index is 572. The highest BCUT2D eigenvalue weighted by atomic mass is 19.1. The van der Waals surface area contributed by atoms with Crippen LogP contribution in [0.1, 0.15) is 11.1 Å². The lowest BCUT2D eigenvalue weighted by molar-refractivity contribution is 0.297. The van der Waals surface area contributed by atoms with Crippen molar-refractivity contribution in [3.8, 4) is 11.5 Å². The maximum absolute atomic E-state index is 14.0. The van der Waals surface area contributed by atoms with Crippen molar-refractivity contribution in [3.63, 3.8) is 0 Å². The van der Waals surface area contributed by atoms with E-state index >= 15 is 0 Å². The van der Waals surface area contributed by atoms with Crippen molar-refractivity contribution in [1.29, 1.82) is 0 Å². The smallest absolute Gasteiger partial charge is 0.166 e. The van der Waals surface area contributed by atoms with Crippen LogP contribution in [0.15, 0.2) is 42.5 Å². The maximum Gasteiger partial charge on any atom is 0.166 e. The van der Waals surface area contributed by atoms with Gasteiger partial charge in [-0.3, -0.25) is 0 Å². The third kappa shape index (κ3) is 3.56. The lowest BCUT2D eigenvalue weighted by Crippen LogP contribution is -2.05. The van der Waals surface area contributed by atoms with Gasteiger partial charge in [-0.15, -0.1) is 0 Å². The van der Waals surface area contributed by atoms with Crippen LogP contribution in [0.3, 0.4) is 0 Å². The standard InChI is InChI=1S/C16H18FNO2/c1-18-11-12-6-7-16(14(17)10-12)20-15-5-3-2-4-13(15)8-9-19/h2-7,10,18-19H,8-9,11H2,1H3. The SMILES string of the molecule is CNCc1ccc(Oc2ccccc2CCO)c(F)c1. The Morgan fingerprint density at radius 2 is 1.95 bits per heavy atom. The van der Waals surface area contributed by atoms with E-state index in [4.69, 9.17) is 9.84 Å². The van der Waals surface area contributed by atoms with Gasteiger partial charge < -0.3 is 15.2 Å². The number of rotatable bonds is 6. The predicted octanol–water partition coefficient (Wildman–Crippen LogP) is 2.87. The first-order chi connectivity index (χ1) is 9.74. The zero-order valence-corrected chi connectivity index (χ0v) is 11.4. The molecule has 0 aliphatic heterocycles. The molecule has 0 unspecified atom stereocenters. The molecule has 0 aliphatic rings. The Labute approximate surface area is 118 Å². The summed E-state index contributed by atoms with van der Waals surface area (Å²) in [5.41, 5.74) is 1.72. The second-order valence-corrected chi connectivity index (χ2v) is 4.48. The first-order valence-electron chi connectivity index (χ1n) is 6.54. The number of nitrogens with one attached hydrogen (secondary N) is 1. The van der Waals surface area contributed by atoms with E-state index in [1.54, 1.807) is 12.1 Å². The quantitative estimate of drug-likeness (QED) is 0.851. The van der Waals surface area contributed by atoms with Crippen LogP contribution in [0.2, 0.25) is 0 Å². The van der Waals surface area contributed by atoms with Gasteiger partial charge in [0.2, 0.25) is 0 Å². The number of benzene rings is 2. The third-order valence-corrected chi connectivity index (χ3v) is 2.95. The minimum absolute atomic E-state index is 0.0317. The molecule has 3 nitrogen and oxygen atoms in total. The second kappa shape index (κ2) is 7.03. The Balaban J connectivity index is 2.21. The number of hydrogen-bond donors (Lipinski definition) is 2. The van der Waals surface area contributed by atoms with Gasteiger partial charge in [0.25, 0.3) is 0 Å². The van der Waals surface area contributed by atoms with Crippen molar-refractivity contribution < 1.29 is 14.2 Å². The average molecular weight is 275 g/mol. The minimum Gasteiger partial charge on any atom is -0.454 e. The zero-order valence-electron chi connectivity index (χ0n) is 11.4. The monoisotopic (exact) mass is 275 g/mol. The molecule has 106 valence electrons. The van der Waals surface area contributed by atoms with Crippen LogP contribution >= 0.6 is 0 Å². The van der Waals surface area contributed by atoms with Gasteiger partial charge in [-0.1, -0.05) is 24.3 Å². The fourth-order valence-corrected chi connectivity index (χ4v) is 1.99. The van der Waals surface area contributed by atoms with Crippen LogP contribution in [0, 0.1) is 5.82 Å². The fourth-order valence-electron chi connectivity index (χ4n) is 1.99. The Morgan fingerprint density at radius 3 is 2.65 bits per heavy atom. The zero-order chi connectivity index (χ0) is 14.4. The second-order valence-electron chi connectivity index (χ2n) is 4.48. The van der Waals surface area contributed by atoms with E-state index in [0.717, 1.165) is 11.1 Å².